The highest BCUT2D eigenvalue weighted by molar-refractivity contribution is 5.71. The van der Waals surface area contributed by atoms with Gasteiger partial charge in [-0.15, -0.1) is 0 Å². The van der Waals surface area contributed by atoms with Crippen molar-refractivity contribution in [2.24, 2.45) is 0 Å². The minimum atomic E-state index is -0.386. The highest BCUT2D eigenvalue weighted by Crippen LogP contribution is 2.34. The monoisotopic (exact) mass is 473 g/mol. The third kappa shape index (κ3) is 6.41. The van der Waals surface area contributed by atoms with E-state index in [4.69, 9.17) is 14.2 Å². The minimum absolute atomic E-state index is 0.0310. The van der Waals surface area contributed by atoms with Crippen LogP contribution >= 0.6 is 0 Å². The summed E-state index contributed by atoms with van der Waals surface area (Å²) in [5.74, 6) is 0.272. The summed E-state index contributed by atoms with van der Waals surface area (Å²) in [4.78, 5) is 26.1. The van der Waals surface area contributed by atoms with Crippen LogP contribution < -0.4 is 4.74 Å². The van der Waals surface area contributed by atoms with Crippen molar-refractivity contribution in [2.45, 2.75) is 31.7 Å². The summed E-state index contributed by atoms with van der Waals surface area (Å²) >= 11 is 0. The molecular formula is C29H31NO5. The van der Waals surface area contributed by atoms with Crippen molar-refractivity contribution < 1.29 is 23.8 Å². The van der Waals surface area contributed by atoms with Crippen LogP contribution in [-0.2, 0) is 20.7 Å². The van der Waals surface area contributed by atoms with Crippen LogP contribution in [-0.4, -0.2) is 49.4 Å². The van der Waals surface area contributed by atoms with Gasteiger partial charge in [0.2, 0.25) is 0 Å². The lowest BCUT2D eigenvalue weighted by molar-refractivity contribution is -0.145. The number of hydrogen-bond donors (Lipinski definition) is 0. The topological polar surface area (TPSA) is 65.1 Å². The third-order valence-corrected chi connectivity index (χ3v) is 6.14. The van der Waals surface area contributed by atoms with Gasteiger partial charge >= 0.3 is 12.1 Å². The summed E-state index contributed by atoms with van der Waals surface area (Å²) in [6.07, 6.45) is 1.29. The molecule has 1 fully saturated rings. The maximum absolute atomic E-state index is 12.7. The molecule has 0 aromatic heterocycles. The Morgan fingerprint density at radius 1 is 1.00 bits per heavy atom. The Labute approximate surface area is 206 Å². The highest BCUT2D eigenvalue weighted by Gasteiger charge is 2.39. The molecule has 0 saturated carbocycles. The Bertz CT molecular complexity index is 1060. The Balaban J connectivity index is 1.42. The number of rotatable bonds is 11. The van der Waals surface area contributed by atoms with Crippen LogP contribution in [0.15, 0.2) is 84.9 Å². The van der Waals surface area contributed by atoms with Gasteiger partial charge in [0.15, 0.2) is 6.61 Å². The number of benzene rings is 3. The van der Waals surface area contributed by atoms with Crippen LogP contribution in [0.2, 0.25) is 0 Å². The molecule has 0 aliphatic carbocycles. The van der Waals surface area contributed by atoms with Crippen LogP contribution in [0.25, 0.3) is 0 Å². The number of carbonyl (C=O) groups is 2. The molecule has 0 unspecified atom stereocenters. The van der Waals surface area contributed by atoms with Crippen molar-refractivity contribution in [3.8, 4) is 5.75 Å². The van der Waals surface area contributed by atoms with Gasteiger partial charge in [-0.3, -0.25) is 0 Å². The zero-order valence-electron chi connectivity index (χ0n) is 20.0. The molecule has 1 saturated heterocycles. The first-order valence-electron chi connectivity index (χ1n) is 12.1. The van der Waals surface area contributed by atoms with Crippen LogP contribution in [0.3, 0.4) is 0 Å². The van der Waals surface area contributed by atoms with Gasteiger partial charge in [-0.1, -0.05) is 72.8 Å². The number of carbonyl (C=O) groups excluding carboxylic acids is 2. The number of aryl methyl sites for hydroxylation is 1. The first-order chi connectivity index (χ1) is 17.2. The van der Waals surface area contributed by atoms with Gasteiger partial charge in [0.05, 0.1) is 12.6 Å². The lowest BCUT2D eigenvalue weighted by Crippen LogP contribution is -2.39. The van der Waals surface area contributed by atoms with E-state index >= 15 is 0 Å². The van der Waals surface area contributed by atoms with E-state index in [0.717, 1.165) is 18.4 Å². The lowest BCUT2D eigenvalue weighted by Gasteiger charge is -2.30. The predicted octanol–water partition coefficient (Wildman–Crippen LogP) is 5.21. The van der Waals surface area contributed by atoms with E-state index in [9.17, 15) is 9.59 Å². The summed E-state index contributed by atoms with van der Waals surface area (Å²) in [6.45, 7) is 2.94. The number of amides is 1. The Morgan fingerprint density at radius 2 is 1.69 bits per heavy atom. The SMILES string of the molecule is CCOC(=O)COc1cccc(CCCN2C(=O)OC[C@@H]2C(c2ccccc2)c2ccccc2)c1. The Kier molecular flexibility index (Phi) is 8.39. The molecule has 1 heterocycles. The van der Waals surface area contributed by atoms with Gasteiger partial charge < -0.3 is 19.1 Å². The maximum atomic E-state index is 12.7. The van der Waals surface area contributed by atoms with E-state index in [1.165, 1.54) is 11.1 Å². The predicted molar refractivity (Wildman–Crippen MR) is 133 cm³/mol. The molecule has 1 aliphatic rings. The van der Waals surface area contributed by atoms with Crippen molar-refractivity contribution in [2.75, 3.05) is 26.4 Å². The van der Waals surface area contributed by atoms with E-state index in [2.05, 4.69) is 24.3 Å². The van der Waals surface area contributed by atoms with E-state index in [1.807, 2.05) is 65.6 Å². The first-order valence-corrected chi connectivity index (χ1v) is 12.1. The fourth-order valence-corrected chi connectivity index (χ4v) is 4.54. The third-order valence-electron chi connectivity index (χ3n) is 6.14. The van der Waals surface area contributed by atoms with Crippen LogP contribution in [0.5, 0.6) is 5.75 Å². The van der Waals surface area contributed by atoms with E-state index in [0.29, 0.717) is 25.5 Å². The van der Waals surface area contributed by atoms with Crippen LogP contribution in [0.4, 0.5) is 4.79 Å². The number of esters is 1. The molecule has 3 aromatic rings. The molecule has 0 spiro atoms. The smallest absolute Gasteiger partial charge is 0.410 e. The Morgan fingerprint density at radius 3 is 2.34 bits per heavy atom. The second-order valence-electron chi connectivity index (χ2n) is 8.48. The molecule has 182 valence electrons. The van der Waals surface area contributed by atoms with Gasteiger partial charge in [-0.25, -0.2) is 9.59 Å². The van der Waals surface area contributed by atoms with E-state index in [1.54, 1.807) is 6.92 Å². The molecule has 0 bridgehead atoms. The normalized spacial score (nSPS) is 15.2. The zero-order chi connectivity index (χ0) is 24.5. The summed E-state index contributed by atoms with van der Waals surface area (Å²) in [6, 6.07) is 28.2. The number of nitrogens with zero attached hydrogens (tertiary/aromatic N) is 1. The lowest BCUT2D eigenvalue weighted by atomic mass is 9.85. The fourth-order valence-electron chi connectivity index (χ4n) is 4.54. The quantitative estimate of drug-likeness (QED) is 0.358. The first kappa shape index (κ1) is 24.3. The maximum Gasteiger partial charge on any atom is 0.410 e. The van der Waals surface area contributed by atoms with E-state index < -0.39 is 0 Å². The van der Waals surface area contributed by atoms with Gasteiger partial charge in [-0.2, -0.15) is 0 Å². The van der Waals surface area contributed by atoms with Gasteiger partial charge in [0, 0.05) is 12.5 Å². The van der Waals surface area contributed by atoms with Gasteiger partial charge in [0.1, 0.15) is 12.4 Å². The molecule has 6 nitrogen and oxygen atoms in total. The molecule has 4 rings (SSSR count). The summed E-state index contributed by atoms with van der Waals surface area (Å²) in [5, 5.41) is 0. The van der Waals surface area contributed by atoms with Crippen molar-refractivity contribution in [1.29, 1.82) is 0 Å². The zero-order valence-corrected chi connectivity index (χ0v) is 20.0. The van der Waals surface area contributed by atoms with Crippen molar-refractivity contribution in [1.82, 2.24) is 4.90 Å². The van der Waals surface area contributed by atoms with Crippen molar-refractivity contribution >= 4 is 12.1 Å². The molecule has 35 heavy (non-hydrogen) atoms. The molecule has 1 atom stereocenters. The van der Waals surface area contributed by atoms with Crippen molar-refractivity contribution in [3.05, 3.63) is 102 Å². The van der Waals surface area contributed by atoms with Gasteiger partial charge in [0.25, 0.3) is 0 Å². The summed E-state index contributed by atoms with van der Waals surface area (Å²) in [7, 11) is 0. The molecular weight excluding hydrogens is 442 g/mol. The van der Waals surface area contributed by atoms with E-state index in [-0.39, 0.29) is 30.6 Å². The average molecular weight is 474 g/mol. The standard InChI is InChI=1S/C29H31NO5/c1-2-33-27(31)21-34-25-17-9-11-22(19-25)12-10-18-30-26(20-35-29(30)32)28(23-13-5-3-6-14-23)24-15-7-4-8-16-24/h3-9,11,13-17,19,26,28H,2,10,12,18,20-21H2,1H3/t26-/m1/s1. The summed E-state index contributed by atoms with van der Waals surface area (Å²) in [5.41, 5.74) is 3.41. The number of hydrogen-bond acceptors (Lipinski definition) is 5. The second kappa shape index (κ2) is 12.1. The van der Waals surface area contributed by atoms with Crippen LogP contribution in [0, 0.1) is 0 Å². The van der Waals surface area contributed by atoms with Crippen LogP contribution in [0.1, 0.15) is 36.0 Å². The molecule has 0 N–H and O–H groups in total. The Hall–Kier alpha value is -3.80. The molecule has 0 radical (unpaired) electrons. The fraction of sp³-hybridized carbons (Fsp3) is 0.310. The second-order valence-corrected chi connectivity index (χ2v) is 8.48. The highest BCUT2D eigenvalue weighted by atomic mass is 16.6. The molecule has 1 aliphatic heterocycles. The number of ether oxygens (including phenoxy) is 3. The average Bonchev–Trinajstić information content (AvgIpc) is 3.24. The molecule has 1 amide bonds. The minimum Gasteiger partial charge on any atom is -0.482 e. The van der Waals surface area contributed by atoms with Gasteiger partial charge in [-0.05, 0) is 48.6 Å². The number of cyclic esters (lactones) is 1. The molecule has 3 aromatic carbocycles. The summed E-state index contributed by atoms with van der Waals surface area (Å²) < 4.78 is 16.0. The molecule has 6 heteroatoms. The largest absolute Gasteiger partial charge is 0.482 e. The van der Waals surface area contributed by atoms with Crippen molar-refractivity contribution in [3.63, 3.8) is 0 Å².